The average Bonchev–Trinajstić information content (AvgIpc) is 2.76. The minimum atomic E-state index is 0.228. The number of halogens is 1. The number of fused-ring (bicyclic) bond motifs is 2. The molecule has 1 aromatic rings. The Morgan fingerprint density at radius 1 is 1.21 bits per heavy atom. The third-order valence-corrected chi connectivity index (χ3v) is 4.47. The van der Waals surface area contributed by atoms with Gasteiger partial charge in [-0.15, -0.1) is 0 Å². The topological polar surface area (TPSA) is 29.5 Å². The van der Waals surface area contributed by atoms with Crippen LogP contribution in [0, 0.1) is 0 Å². The third-order valence-electron chi connectivity index (χ3n) is 3.94. The molecule has 2 unspecified atom stereocenters. The Labute approximate surface area is 122 Å². The lowest BCUT2D eigenvalue weighted by Crippen LogP contribution is -2.43. The molecule has 0 N–H and O–H groups in total. The van der Waals surface area contributed by atoms with Crippen molar-refractivity contribution >= 4 is 21.7 Å². The molecule has 19 heavy (non-hydrogen) atoms. The highest BCUT2D eigenvalue weighted by Gasteiger charge is 2.33. The molecule has 0 radical (unpaired) electrons. The minimum absolute atomic E-state index is 0.228. The van der Waals surface area contributed by atoms with E-state index in [4.69, 9.17) is 4.74 Å². The summed E-state index contributed by atoms with van der Waals surface area (Å²) in [5, 5.41) is 0. The van der Waals surface area contributed by atoms with Gasteiger partial charge in [-0.05, 0) is 25.0 Å². The lowest BCUT2D eigenvalue weighted by Gasteiger charge is -2.31. The Kier molecular flexibility index (Phi) is 4.01. The van der Waals surface area contributed by atoms with Crippen molar-refractivity contribution in [2.24, 2.45) is 0 Å². The number of rotatable bonds is 4. The van der Waals surface area contributed by atoms with Gasteiger partial charge in [0.1, 0.15) is 0 Å². The number of ketones is 1. The Morgan fingerprint density at radius 3 is 2.47 bits per heavy atom. The van der Waals surface area contributed by atoms with Gasteiger partial charge in [0.05, 0.1) is 12.2 Å². The van der Waals surface area contributed by atoms with Crippen LogP contribution in [0.2, 0.25) is 0 Å². The van der Waals surface area contributed by atoms with E-state index in [1.807, 2.05) is 24.3 Å². The molecule has 1 aromatic carbocycles. The monoisotopic (exact) mass is 323 g/mol. The van der Waals surface area contributed by atoms with Gasteiger partial charge in [-0.2, -0.15) is 0 Å². The minimum Gasteiger partial charge on any atom is -0.372 e. The van der Waals surface area contributed by atoms with Gasteiger partial charge in [-0.3, -0.25) is 9.69 Å². The summed E-state index contributed by atoms with van der Waals surface area (Å²) >= 11 is 3.38. The molecule has 2 heterocycles. The molecular formula is C15H18BrNO2. The second-order valence-electron chi connectivity index (χ2n) is 5.40. The molecule has 4 heteroatoms. The number of carbonyl (C=O) groups is 1. The predicted molar refractivity (Wildman–Crippen MR) is 77.4 cm³/mol. The summed E-state index contributed by atoms with van der Waals surface area (Å²) in [5.74, 6) is 0.228. The number of morpholine rings is 1. The molecular weight excluding hydrogens is 306 g/mol. The fraction of sp³-hybridized carbons (Fsp3) is 0.533. The maximum absolute atomic E-state index is 12.1. The Morgan fingerprint density at radius 2 is 1.84 bits per heavy atom. The molecule has 0 amide bonds. The first-order chi connectivity index (χ1) is 9.20. The van der Waals surface area contributed by atoms with Crippen LogP contribution in [-0.2, 0) is 4.74 Å². The number of carbonyl (C=O) groups excluding carboxylic acids is 1. The van der Waals surface area contributed by atoms with Crippen molar-refractivity contribution in [1.82, 2.24) is 4.90 Å². The van der Waals surface area contributed by atoms with E-state index < -0.39 is 0 Å². The van der Waals surface area contributed by atoms with E-state index in [0.29, 0.717) is 18.6 Å². The first-order valence-corrected chi connectivity index (χ1v) is 7.66. The van der Waals surface area contributed by atoms with Gasteiger partial charge in [-0.1, -0.05) is 28.1 Å². The van der Waals surface area contributed by atoms with Gasteiger partial charge in [0.2, 0.25) is 0 Å². The third kappa shape index (κ3) is 3.25. The number of hydrogen-bond acceptors (Lipinski definition) is 3. The zero-order valence-corrected chi connectivity index (χ0v) is 12.4. The zero-order valence-electron chi connectivity index (χ0n) is 10.8. The summed E-state index contributed by atoms with van der Waals surface area (Å²) in [4.78, 5) is 14.5. The summed E-state index contributed by atoms with van der Waals surface area (Å²) in [6.07, 6.45) is 3.77. The van der Waals surface area contributed by atoms with Crippen LogP contribution in [0.5, 0.6) is 0 Å². The number of hydrogen-bond donors (Lipinski definition) is 0. The molecule has 2 aliphatic rings. The van der Waals surface area contributed by atoms with Crippen LogP contribution in [0.1, 0.15) is 29.6 Å². The van der Waals surface area contributed by atoms with Crippen LogP contribution in [0.15, 0.2) is 28.7 Å². The van der Waals surface area contributed by atoms with Gasteiger partial charge in [0.25, 0.3) is 0 Å². The number of nitrogens with zero attached hydrogens (tertiary/aromatic N) is 1. The first kappa shape index (κ1) is 13.3. The summed E-state index contributed by atoms with van der Waals surface area (Å²) in [5.41, 5.74) is 0.805. The molecule has 2 saturated heterocycles. The molecule has 0 aromatic heterocycles. The fourth-order valence-corrected chi connectivity index (χ4v) is 3.19. The SMILES string of the molecule is O=C(CCN1CC2CCC(C1)O2)c1ccc(Br)cc1. The Bertz CT molecular complexity index is 448. The predicted octanol–water partition coefficient (Wildman–Crippen LogP) is 2.89. The summed E-state index contributed by atoms with van der Waals surface area (Å²) in [7, 11) is 0. The van der Waals surface area contributed by atoms with E-state index in [1.165, 1.54) is 12.8 Å². The van der Waals surface area contributed by atoms with E-state index >= 15 is 0 Å². The van der Waals surface area contributed by atoms with Crippen molar-refractivity contribution in [2.45, 2.75) is 31.5 Å². The largest absolute Gasteiger partial charge is 0.372 e. The van der Waals surface area contributed by atoms with Crippen molar-refractivity contribution in [3.8, 4) is 0 Å². The summed E-state index contributed by atoms with van der Waals surface area (Å²) in [6, 6.07) is 7.61. The van der Waals surface area contributed by atoms with Gasteiger partial charge in [0, 0.05) is 36.1 Å². The van der Waals surface area contributed by atoms with E-state index in [9.17, 15) is 4.79 Å². The number of benzene rings is 1. The van der Waals surface area contributed by atoms with Gasteiger partial charge >= 0.3 is 0 Å². The maximum Gasteiger partial charge on any atom is 0.164 e. The van der Waals surface area contributed by atoms with E-state index in [0.717, 1.165) is 29.7 Å². The molecule has 3 nitrogen and oxygen atoms in total. The molecule has 102 valence electrons. The number of ether oxygens (including phenoxy) is 1. The smallest absolute Gasteiger partial charge is 0.164 e. The van der Waals surface area contributed by atoms with Crippen LogP contribution in [0.25, 0.3) is 0 Å². The van der Waals surface area contributed by atoms with Crippen molar-refractivity contribution in [1.29, 1.82) is 0 Å². The average molecular weight is 324 g/mol. The molecule has 0 aliphatic carbocycles. The Balaban J connectivity index is 1.52. The molecule has 3 rings (SSSR count). The van der Waals surface area contributed by atoms with Crippen LogP contribution < -0.4 is 0 Å². The second kappa shape index (κ2) is 5.73. The van der Waals surface area contributed by atoms with E-state index in [2.05, 4.69) is 20.8 Å². The zero-order chi connectivity index (χ0) is 13.2. The van der Waals surface area contributed by atoms with Crippen LogP contribution in [0.3, 0.4) is 0 Å². The van der Waals surface area contributed by atoms with Gasteiger partial charge in [0.15, 0.2) is 5.78 Å². The van der Waals surface area contributed by atoms with Crippen LogP contribution in [-0.4, -0.2) is 42.5 Å². The van der Waals surface area contributed by atoms with Crippen molar-refractivity contribution < 1.29 is 9.53 Å². The highest BCUT2D eigenvalue weighted by atomic mass is 79.9. The standard InChI is InChI=1S/C15H18BrNO2/c16-12-3-1-11(2-4-12)15(18)7-8-17-9-13-5-6-14(10-17)19-13/h1-4,13-14H,5-10H2. The fourth-order valence-electron chi connectivity index (χ4n) is 2.92. The first-order valence-electron chi connectivity index (χ1n) is 6.87. The molecule has 0 saturated carbocycles. The van der Waals surface area contributed by atoms with Gasteiger partial charge < -0.3 is 4.74 Å². The molecule has 2 atom stereocenters. The Hall–Kier alpha value is -0.710. The highest BCUT2D eigenvalue weighted by Crippen LogP contribution is 2.26. The molecule has 2 aliphatic heterocycles. The van der Waals surface area contributed by atoms with E-state index in [1.54, 1.807) is 0 Å². The second-order valence-corrected chi connectivity index (χ2v) is 6.31. The van der Waals surface area contributed by atoms with Crippen molar-refractivity contribution in [3.05, 3.63) is 34.3 Å². The summed E-state index contributed by atoms with van der Waals surface area (Å²) in [6.45, 7) is 2.83. The van der Waals surface area contributed by atoms with Crippen molar-refractivity contribution in [3.63, 3.8) is 0 Å². The number of likely N-dealkylation sites (tertiary alicyclic amines) is 1. The quantitative estimate of drug-likeness (QED) is 0.798. The maximum atomic E-state index is 12.1. The lowest BCUT2D eigenvalue weighted by atomic mass is 10.1. The normalized spacial score (nSPS) is 26.6. The molecule has 2 bridgehead atoms. The van der Waals surface area contributed by atoms with Crippen molar-refractivity contribution in [2.75, 3.05) is 19.6 Å². The van der Waals surface area contributed by atoms with Crippen LogP contribution >= 0.6 is 15.9 Å². The van der Waals surface area contributed by atoms with E-state index in [-0.39, 0.29) is 5.78 Å². The number of Topliss-reactive ketones (excluding diaryl/α,β-unsaturated/α-hetero) is 1. The summed E-state index contributed by atoms with van der Waals surface area (Å²) < 4.78 is 6.81. The molecule has 0 spiro atoms. The van der Waals surface area contributed by atoms with Crippen LogP contribution in [0.4, 0.5) is 0 Å². The van der Waals surface area contributed by atoms with Gasteiger partial charge in [-0.25, -0.2) is 0 Å². The molecule has 2 fully saturated rings. The lowest BCUT2D eigenvalue weighted by molar-refractivity contribution is -0.0379. The highest BCUT2D eigenvalue weighted by molar-refractivity contribution is 9.10.